The van der Waals surface area contributed by atoms with Gasteiger partial charge >= 0.3 is 0 Å². The minimum absolute atomic E-state index is 0.0991. The van der Waals surface area contributed by atoms with Crippen LogP contribution in [0.15, 0.2) is 24.3 Å². The maximum Gasteiger partial charge on any atom is 0.202 e. The van der Waals surface area contributed by atoms with Gasteiger partial charge in [-0.3, -0.25) is 4.79 Å². The number of Topliss-reactive ketones (excluding diaryl/α,β-unsaturated/α-hetero) is 1. The fourth-order valence-electron chi connectivity index (χ4n) is 1.11. The smallest absolute Gasteiger partial charge is 0.202 e. The molecule has 0 heterocycles. The molecule has 1 rings (SSSR count). The predicted octanol–water partition coefficient (Wildman–Crippen LogP) is 2.75. The summed E-state index contributed by atoms with van der Waals surface area (Å²) in [7, 11) is 0. The van der Waals surface area contributed by atoms with E-state index in [0.717, 1.165) is 5.56 Å². The first-order chi connectivity index (χ1) is 6.59. The topological polar surface area (TPSA) is 17.1 Å². The van der Waals surface area contributed by atoms with Crippen molar-refractivity contribution in [3.63, 3.8) is 0 Å². The molecule has 0 spiro atoms. The molecule has 0 aromatic heterocycles. The van der Waals surface area contributed by atoms with Crippen LogP contribution in [0, 0.1) is 11.8 Å². The third-order valence-corrected chi connectivity index (χ3v) is 1.96. The Bertz CT molecular complexity index is 374. The van der Waals surface area contributed by atoms with Crippen molar-refractivity contribution >= 4 is 5.78 Å². The molecule has 0 radical (unpaired) electrons. The number of carbonyl (C=O) groups excluding carboxylic acids is 1. The summed E-state index contributed by atoms with van der Waals surface area (Å²) in [5.74, 6) is 5.77. The number of ketones is 1. The van der Waals surface area contributed by atoms with E-state index in [1.807, 2.05) is 12.1 Å². The van der Waals surface area contributed by atoms with E-state index < -0.39 is 0 Å². The number of carbonyl (C=O) groups is 1. The van der Waals surface area contributed by atoms with E-state index in [1.54, 1.807) is 0 Å². The maximum absolute atomic E-state index is 10.6. The van der Waals surface area contributed by atoms with Crippen LogP contribution in [0.5, 0.6) is 0 Å². The first kappa shape index (κ1) is 10.5. The molecule has 1 nitrogen and oxygen atoms in total. The van der Waals surface area contributed by atoms with Crippen molar-refractivity contribution < 1.29 is 4.79 Å². The third-order valence-electron chi connectivity index (χ3n) is 1.96. The van der Waals surface area contributed by atoms with Crippen molar-refractivity contribution in [3.05, 3.63) is 35.4 Å². The lowest BCUT2D eigenvalue weighted by Crippen LogP contribution is -1.87. The maximum atomic E-state index is 10.6. The Hall–Kier alpha value is -1.55. The van der Waals surface area contributed by atoms with Crippen LogP contribution < -0.4 is 0 Å². The molecule has 0 unspecified atom stereocenters. The molecule has 0 amide bonds. The molecule has 72 valence electrons. The number of hydrogen-bond acceptors (Lipinski definition) is 1. The van der Waals surface area contributed by atoms with Gasteiger partial charge in [0.2, 0.25) is 5.78 Å². The van der Waals surface area contributed by atoms with Gasteiger partial charge in [-0.05, 0) is 29.5 Å². The number of hydrogen-bond donors (Lipinski definition) is 0. The molecule has 0 atom stereocenters. The van der Waals surface area contributed by atoms with Crippen molar-refractivity contribution in [1.29, 1.82) is 0 Å². The summed E-state index contributed by atoms with van der Waals surface area (Å²) in [5, 5.41) is 0. The zero-order valence-electron chi connectivity index (χ0n) is 8.79. The van der Waals surface area contributed by atoms with Gasteiger partial charge in [-0.1, -0.05) is 31.9 Å². The van der Waals surface area contributed by atoms with Gasteiger partial charge in [0.1, 0.15) is 0 Å². The SMILES string of the molecule is CC(=O)C#Cc1ccc(C(C)C)cc1. The molecule has 0 saturated carbocycles. The second-order valence-electron chi connectivity index (χ2n) is 3.58. The summed E-state index contributed by atoms with van der Waals surface area (Å²) in [6.07, 6.45) is 0. The molecule has 0 aliphatic heterocycles. The summed E-state index contributed by atoms with van der Waals surface area (Å²) in [6.45, 7) is 5.77. The van der Waals surface area contributed by atoms with Crippen molar-refractivity contribution in [3.8, 4) is 11.8 Å². The Morgan fingerprint density at radius 2 is 1.79 bits per heavy atom. The molecule has 1 heteroatoms. The van der Waals surface area contributed by atoms with Gasteiger partial charge in [0.25, 0.3) is 0 Å². The van der Waals surface area contributed by atoms with Gasteiger partial charge in [-0.2, -0.15) is 0 Å². The normalized spacial score (nSPS) is 9.43. The molecule has 0 N–H and O–H groups in total. The second-order valence-corrected chi connectivity index (χ2v) is 3.58. The average molecular weight is 186 g/mol. The lowest BCUT2D eigenvalue weighted by molar-refractivity contribution is -0.111. The molecule has 0 fully saturated rings. The third kappa shape index (κ3) is 3.06. The lowest BCUT2D eigenvalue weighted by Gasteiger charge is -2.03. The van der Waals surface area contributed by atoms with E-state index >= 15 is 0 Å². The molecular formula is C13H14O. The molecule has 14 heavy (non-hydrogen) atoms. The molecule has 0 bridgehead atoms. The van der Waals surface area contributed by atoms with E-state index in [0.29, 0.717) is 5.92 Å². The van der Waals surface area contributed by atoms with E-state index in [2.05, 4.69) is 37.8 Å². The van der Waals surface area contributed by atoms with Crippen LogP contribution in [-0.4, -0.2) is 5.78 Å². The Kier molecular flexibility index (Phi) is 3.48. The highest BCUT2D eigenvalue weighted by atomic mass is 16.1. The largest absolute Gasteiger partial charge is 0.285 e. The van der Waals surface area contributed by atoms with Crippen LogP contribution in [0.3, 0.4) is 0 Å². The molecule has 0 saturated heterocycles. The standard InChI is InChI=1S/C13H14O/c1-10(2)13-8-6-12(7-9-13)5-4-11(3)14/h6-10H,1-3H3. The van der Waals surface area contributed by atoms with Gasteiger partial charge < -0.3 is 0 Å². The Morgan fingerprint density at radius 3 is 2.21 bits per heavy atom. The number of benzene rings is 1. The summed E-state index contributed by atoms with van der Waals surface area (Å²) >= 11 is 0. The number of rotatable bonds is 1. The fourth-order valence-corrected chi connectivity index (χ4v) is 1.11. The zero-order valence-corrected chi connectivity index (χ0v) is 8.79. The van der Waals surface area contributed by atoms with Crippen LogP contribution >= 0.6 is 0 Å². The van der Waals surface area contributed by atoms with E-state index in [-0.39, 0.29) is 5.78 Å². The highest BCUT2D eigenvalue weighted by Crippen LogP contribution is 2.13. The zero-order chi connectivity index (χ0) is 10.6. The minimum Gasteiger partial charge on any atom is -0.285 e. The Balaban J connectivity index is 2.85. The predicted molar refractivity (Wildman–Crippen MR) is 58.1 cm³/mol. The van der Waals surface area contributed by atoms with Crippen molar-refractivity contribution in [2.45, 2.75) is 26.7 Å². The summed E-state index contributed by atoms with van der Waals surface area (Å²) in [6, 6.07) is 8.00. The average Bonchev–Trinajstić information content (AvgIpc) is 2.15. The van der Waals surface area contributed by atoms with E-state index in [4.69, 9.17) is 0 Å². The van der Waals surface area contributed by atoms with Gasteiger partial charge in [-0.25, -0.2) is 0 Å². The molecule has 1 aromatic carbocycles. The minimum atomic E-state index is -0.0991. The van der Waals surface area contributed by atoms with Crippen LogP contribution in [0.25, 0.3) is 0 Å². The van der Waals surface area contributed by atoms with Gasteiger partial charge in [0.15, 0.2) is 0 Å². The summed E-state index contributed by atoms with van der Waals surface area (Å²) in [5.41, 5.74) is 2.18. The summed E-state index contributed by atoms with van der Waals surface area (Å²) < 4.78 is 0. The summed E-state index contributed by atoms with van der Waals surface area (Å²) in [4.78, 5) is 10.6. The van der Waals surface area contributed by atoms with Crippen LogP contribution in [-0.2, 0) is 4.79 Å². The van der Waals surface area contributed by atoms with Crippen LogP contribution in [0.2, 0.25) is 0 Å². The highest BCUT2D eigenvalue weighted by Gasteiger charge is 1.96. The highest BCUT2D eigenvalue weighted by molar-refractivity contribution is 5.93. The monoisotopic (exact) mass is 186 g/mol. The van der Waals surface area contributed by atoms with E-state index in [9.17, 15) is 4.79 Å². The molecule has 0 aliphatic carbocycles. The quantitative estimate of drug-likeness (QED) is 0.616. The van der Waals surface area contributed by atoms with Crippen LogP contribution in [0.4, 0.5) is 0 Å². The van der Waals surface area contributed by atoms with Crippen molar-refractivity contribution in [2.75, 3.05) is 0 Å². The van der Waals surface area contributed by atoms with Gasteiger partial charge in [0.05, 0.1) is 0 Å². The van der Waals surface area contributed by atoms with Crippen molar-refractivity contribution in [2.24, 2.45) is 0 Å². The van der Waals surface area contributed by atoms with E-state index in [1.165, 1.54) is 12.5 Å². The lowest BCUT2D eigenvalue weighted by atomic mass is 10.0. The first-order valence-electron chi connectivity index (χ1n) is 4.72. The van der Waals surface area contributed by atoms with Gasteiger partial charge in [-0.15, -0.1) is 0 Å². The molecule has 1 aromatic rings. The Labute approximate surface area is 85.1 Å². The van der Waals surface area contributed by atoms with Crippen LogP contribution in [0.1, 0.15) is 37.8 Å². The first-order valence-corrected chi connectivity index (χ1v) is 4.72. The van der Waals surface area contributed by atoms with Gasteiger partial charge in [0, 0.05) is 12.5 Å². The second kappa shape index (κ2) is 4.62. The molecule has 0 aliphatic rings. The fraction of sp³-hybridized carbons (Fsp3) is 0.308. The van der Waals surface area contributed by atoms with Crippen molar-refractivity contribution in [1.82, 2.24) is 0 Å². The Morgan fingerprint density at radius 1 is 1.21 bits per heavy atom. The molecular weight excluding hydrogens is 172 g/mol.